The predicted molar refractivity (Wildman–Crippen MR) is 62.7 cm³/mol. The molecule has 7 heteroatoms. The molecule has 7 nitrogen and oxygen atoms in total. The first-order chi connectivity index (χ1) is 8.79. The van der Waals surface area contributed by atoms with Gasteiger partial charge in [-0.3, -0.25) is 0 Å². The Bertz CT molecular complexity index is 582. The fourth-order valence-electron chi connectivity index (χ4n) is 2.09. The van der Waals surface area contributed by atoms with Crippen molar-refractivity contribution in [3.8, 4) is 0 Å². The van der Waals surface area contributed by atoms with E-state index in [2.05, 4.69) is 20.1 Å². The zero-order valence-electron chi connectivity index (χ0n) is 9.45. The zero-order chi connectivity index (χ0) is 12.5. The molecule has 0 saturated heterocycles. The summed E-state index contributed by atoms with van der Waals surface area (Å²) >= 11 is 0. The van der Waals surface area contributed by atoms with Crippen LogP contribution in [0.3, 0.4) is 0 Å². The van der Waals surface area contributed by atoms with E-state index in [0.29, 0.717) is 13.1 Å². The third kappa shape index (κ3) is 1.56. The topological polar surface area (TPSA) is 101 Å². The fourth-order valence-corrected chi connectivity index (χ4v) is 2.09. The van der Waals surface area contributed by atoms with Crippen LogP contribution in [0, 0.1) is 0 Å². The summed E-state index contributed by atoms with van der Waals surface area (Å²) in [4.78, 5) is 1.86. The van der Waals surface area contributed by atoms with Crippen LogP contribution in [0.15, 0.2) is 34.1 Å². The lowest BCUT2D eigenvalue weighted by atomic mass is 10.1. The molecule has 0 amide bonds. The maximum absolute atomic E-state index is 9.14. The highest BCUT2D eigenvalue weighted by molar-refractivity contribution is 6.00. The zero-order valence-corrected chi connectivity index (χ0v) is 9.45. The standard InChI is InChI=1S/C11H11N5O2/c12-10-9(14-18-15-10)11(13-17)16-5-7-3-1-2-4-8(7)6-16/h1-4,17H,5-6H2,(H2,12,15)/b13-11+. The molecule has 0 atom stereocenters. The van der Waals surface area contributed by atoms with Crippen LogP contribution in [0.4, 0.5) is 5.82 Å². The minimum Gasteiger partial charge on any atom is -0.409 e. The molecule has 0 saturated carbocycles. The van der Waals surface area contributed by atoms with Gasteiger partial charge in [0.2, 0.25) is 5.84 Å². The molecule has 1 aliphatic heterocycles. The second-order valence-electron chi connectivity index (χ2n) is 4.05. The van der Waals surface area contributed by atoms with Gasteiger partial charge in [0.05, 0.1) is 0 Å². The van der Waals surface area contributed by atoms with Gasteiger partial charge in [-0.15, -0.1) is 0 Å². The van der Waals surface area contributed by atoms with Crippen molar-refractivity contribution in [3.05, 3.63) is 41.1 Å². The number of hydrogen-bond acceptors (Lipinski definition) is 6. The Morgan fingerprint density at radius 2 is 1.94 bits per heavy atom. The van der Waals surface area contributed by atoms with E-state index in [9.17, 15) is 0 Å². The van der Waals surface area contributed by atoms with E-state index in [4.69, 9.17) is 10.9 Å². The highest BCUT2D eigenvalue weighted by Crippen LogP contribution is 2.24. The molecular weight excluding hydrogens is 234 g/mol. The van der Waals surface area contributed by atoms with Gasteiger partial charge in [0.15, 0.2) is 11.5 Å². The number of oxime groups is 1. The number of nitrogens with two attached hydrogens (primary N) is 1. The summed E-state index contributed by atoms with van der Waals surface area (Å²) < 4.78 is 4.52. The maximum Gasteiger partial charge on any atom is 0.202 e. The van der Waals surface area contributed by atoms with E-state index in [0.717, 1.165) is 0 Å². The van der Waals surface area contributed by atoms with Crippen LogP contribution >= 0.6 is 0 Å². The van der Waals surface area contributed by atoms with Crippen LogP contribution in [0.25, 0.3) is 0 Å². The lowest BCUT2D eigenvalue weighted by Crippen LogP contribution is -2.27. The normalized spacial score (nSPS) is 14.9. The highest BCUT2D eigenvalue weighted by atomic mass is 16.6. The summed E-state index contributed by atoms with van der Waals surface area (Å²) in [5.74, 6) is 0.378. The van der Waals surface area contributed by atoms with Crippen LogP contribution in [0.1, 0.15) is 16.8 Å². The molecule has 2 heterocycles. The van der Waals surface area contributed by atoms with Crippen LogP contribution in [0.5, 0.6) is 0 Å². The Morgan fingerprint density at radius 1 is 1.28 bits per heavy atom. The third-order valence-electron chi connectivity index (χ3n) is 2.96. The molecule has 1 aromatic carbocycles. The smallest absolute Gasteiger partial charge is 0.202 e. The number of rotatable bonds is 1. The van der Waals surface area contributed by atoms with Crippen molar-refractivity contribution >= 4 is 11.7 Å². The minimum atomic E-state index is 0.110. The van der Waals surface area contributed by atoms with Gasteiger partial charge in [0.1, 0.15) is 0 Å². The monoisotopic (exact) mass is 245 g/mol. The van der Waals surface area contributed by atoms with E-state index >= 15 is 0 Å². The average Bonchev–Trinajstić information content (AvgIpc) is 2.97. The van der Waals surface area contributed by atoms with E-state index in [1.165, 1.54) is 11.1 Å². The Morgan fingerprint density at radius 3 is 2.44 bits per heavy atom. The van der Waals surface area contributed by atoms with Crippen LogP contribution in [-0.4, -0.2) is 26.3 Å². The first-order valence-electron chi connectivity index (χ1n) is 5.42. The fraction of sp³-hybridized carbons (Fsp3) is 0.182. The van der Waals surface area contributed by atoms with Gasteiger partial charge in [-0.05, 0) is 21.4 Å². The molecular formula is C11H11N5O2. The Balaban J connectivity index is 1.92. The Hall–Kier alpha value is -2.57. The van der Waals surface area contributed by atoms with E-state index in [-0.39, 0.29) is 17.3 Å². The lowest BCUT2D eigenvalue weighted by molar-refractivity contribution is 0.293. The number of hydrogen-bond donors (Lipinski definition) is 2. The Labute approximate surface area is 102 Å². The second-order valence-corrected chi connectivity index (χ2v) is 4.05. The molecule has 1 aromatic heterocycles. The Kier molecular flexibility index (Phi) is 2.36. The largest absolute Gasteiger partial charge is 0.409 e. The molecule has 0 radical (unpaired) electrons. The van der Waals surface area contributed by atoms with Gasteiger partial charge >= 0.3 is 0 Å². The minimum absolute atomic E-state index is 0.110. The number of nitrogens with zero attached hydrogens (tertiary/aromatic N) is 4. The number of amidine groups is 1. The van der Waals surface area contributed by atoms with Gasteiger partial charge < -0.3 is 15.8 Å². The molecule has 0 bridgehead atoms. The molecule has 2 aromatic rings. The number of nitrogen functional groups attached to an aromatic ring is 1. The van der Waals surface area contributed by atoms with Gasteiger partial charge in [-0.2, -0.15) is 0 Å². The van der Waals surface area contributed by atoms with E-state index in [1.54, 1.807) is 0 Å². The summed E-state index contributed by atoms with van der Waals surface area (Å²) in [6.07, 6.45) is 0. The SMILES string of the molecule is Nc1nonc1/C(=N\O)N1Cc2ccccc2C1. The number of anilines is 1. The van der Waals surface area contributed by atoms with Crippen molar-refractivity contribution in [3.63, 3.8) is 0 Å². The van der Waals surface area contributed by atoms with E-state index in [1.807, 2.05) is 29.2 Å². The molecule has 3 N–H and O–H groups in total. The number of aromatic nitrogens is 2. The van der Waals surface area contributed by atoms with Gasteiger partial charge in [-0.1, -0.05) is 29.4 Å². The molecule has 18 heavy (non-hydrogen) atoms. The molecule has 3 rings (SSSR count). The summed E-state index contributed by atoms with van der Waals surface area (Å²) in [6, 6.07) is 8.03. The number of benzene rings is 1. The summed E-state index contributed by atoms with van der Waals surface area (Å²) in [5.41, 5.74) is 8.24. The second kappa shape index (κ2) is 4.02. The lowest BCUT2D eigenvalue weighted by Gasteiger charge is -2.16. The summed E-state index contributed by atoms with van der Waals surface area (Å²) in [5, 5.41) is 19.5. The molecule has 0 fully saturated rings. The summed E-state index contributed by atoms with van der Waals surface area (Å²) in [7, 11) is 0. The molecule has 1 aliphatic rings. The van der Waals surface area contributed by atoms with Crippen molar-refractivity contribution in [1.82, 2.24) is 15.2 Å². The van der Waals surface area contributed by atoms with Gasteiger partial charge in [0.25, 0.3) is 0 Å². The predicted octanol–water partition coefficient (Wildman–Crippen LogP) is 0.803. The third-order valence-corrected chi connectivity index (χ3v) is 2.96. The van der Waals surface area contributed by atoms with Crippen molar-refractivity contribution in [2.24, 2.45) is 5.16 Å². The van der Waals surface area contributed by atoms with Crippen molar-refractivity contribution in [2.75, 3.05) is 5.73 Å². The highest BCUT2D eigenvalue weighted by Gasteiger charge is 2.26. The van der Waals surface area contributed by atoms with Crippen LogP contribution < -0.4 is 5.73 Å². The van der Waals surface area contributed by atoms with Gasteiger partial charge in [0, 0.05) is 13.1 Å². The maximum atomic E-state index is 9.14. The van der Waals surface area contributed by atoms with Crippen molar-refractivity contribution in [2.45, 2.75) is 13.1 Å². The van der Waals surface area contributed by atoms with Crippen LogP contribution in [-0.2, 0) is 13.1 Å². The van der Waals surface area contributed by atoms with E-state index < -0.39 is 0 Å². The quantitative estimate of drug-likeness (QED) is 0.333. The molecule has 0 unspecified atom stereocenters. The van der Waals surface area contributed by atoms with Crippen LogP contribution in [0.2, 0.25) is 0 Å². The summed E-state index contributed by atoms with van der Waals surface area (Å²) in [6.45, 7) is 1.28. The average molecular weight is 245 g/mol. The van der Waals surface area contributed by atoms with Crippen molar-refractivity contribution in [1.29, 1.82) is 0 Å². The van der Waals surface area contributed by atoms with Crippen molar-refractivity contribution < 1.29 is 9.84 Å². The molecule has 0 spiro atoms. The first kappa shape index (κ1) is 10.6. The number of fused-ring (bicyclic) bond motifs is 1. The molecule has 0 aliphatic carbocycles. The van der Waals surface area contributed by atoms with Gasteiger partial charge in [-0.25, -0.2) is 4.63 Å². The molecule has 92 valence electrons. The first-order valence-corrected chi connectivity index (χ1v) is 5.42.